The molecule has 20 heavy (non-hydrogen) atoms. The Bertz CT molecular complexity index is 795. The van der Waals surface area contributed by atoms with Crippen molar-refractivity contribution >= 4 is 16.9 Å². The van der Waals surface area contributed by atoms with Crippen LogP contribution < -0.4 is 0 Å². The van der Waals surface area contributed by atoms with Crippen LogP contribution in [0.3, 0.4) is 0 Å². The molecule has 2 heterocycles. The molecule has 0 amide bonds. The number of hydrogen-bond acceptors (Lipinski definition) is 4. The van der Waals surface area contributed by atoms with Crippen molar-refractivity contribution in [2.24, 2.45) is 0 Å². The summed E-state index contributed by atoms with van der Waals surface area (Å²) in [5.41, 5.74) is 1.20. The summed E-state index contributed by atoms with van der Waals surface area (Å²) in [5, 5.41) is 0.641. The highest BCUT2D eigenvalue weighted by Gasteiger charge is 2.17. The molecule has 0 spiro atoms. The number of furan rings is 1. The van der Waals surface area contributed by atoms with Gasteiger partial charge in [0.1, 0.15) is 11.4 Å². The largest absolute Gasteiger partial charge is 0.464 e. The molecule has 100 valence electrons. The van der Waals surface area contributed by atoms with Crippen LogP contribution in [0.4, 0.5) is 4.39 Å². The number of benzene rings is 1. The Balaban J connectivity index is 2.31. The molecule has 5 heteroatoms. The number of carbonyl (C=O) groups excluding carboxylic acids is 1. The van der Waals surface area contributed by atoms with Crippen LogP contribution in [-0.4, -0.2) is 18.1 Å². The molecule has 0 aliphatic heterocycles. The first-order valence-electron chi connectivity index (χ1n) is 5.92. The van der Waals surface area contributed by atoms with Gasteiger partial charge >= 0.3 is 5.97 Å². The van der Waals surface area contributed by atoms with Gasteiger partial charge in [-0.3, -0.25) is 0 Å². The Morgan fingerprint density at radius 1 is 1.30 bits per heavy atom. The van der Waals surface area contributed by atoms with Crippen molar-refractivity contribution in [2.45, 2.75) is 0 Å². The van der Waals surface area contributed by atoms with E-state index in [0.717, 1.165) is 0 Å². The fraction of sp³-hybridized carbons (Fsp3) is 0.0667. The molecule has 1 aromatic carbocycles. The van der Waals surface area contributed by atoms with Crippen LogP contribution in [-0.2, 0) is 4.74 Å². The van der Waals surface area contributed by atoms with Gasteiger partial charge in [-0.1, -0.05) is 12.1 Å². The number of esters is 1. The molecule has 0 N–H and O–H groups in total. The molecule has 0 fully saturated rings. The van der Waals surface area contributed by atoms with Crippen molar-refractivity contribution in [1.82, 2.24) is 4.98 Å². The number of carbonyl (C=O) groups is 1. The van der Waals surface area contributed by atoms with E-state index < -0.39 is 11.8 Å². The molecule has 0 aliphatic carbocycles. The average Bonchev–Trinajstić information content (AvgIpc) is 2.94. The highest BCUT2D eigenvalue weighted by molar-refractivity contribution is 5.97. The van der Waals surface area contributed by atoms with Crippen molar-refractivity contribution < 1.29 is 18.3 Å². The van der Waals surface area contributed by atoms with E-state index in [4.69, 9.17) is 4.42 Å². The lowest BCUT2D eigenvalue weighted by Crippen LogP contribution is -2.05. The maximum absolute atomic E-state index is 13.9. The summed E-state index contributed by atoms with van der Waals surface area (Å²) in [5.74, 6) is -1.01. The SMILES string of the molecule is COC(=O)c1cc2occc2c(-c2ccccc2F)n1. The number of hydrogen-bond donors (Lipinski definition) is 0. The maximum atomic E-state index is 13.9. The zero-order chi connectivity index (χ0) is 14.1. The summed E-state index contributed by atoms with van der Waals surface area (Å²) in [7, 11) is 1.26. The number of rotatable bonds is 2. The zero-order valence-electron chi connectivity index (χ0n) is 10.6. The Morgan fingerprint density at radius 3 is 2.85 bits per heavy atom. The molecule has 2 aromatic heterocycles. The molecule has 0 unspecified atom stereocenters. The van der Waals surface area contributed by atoms with Gasteiger partial charge < -0.3 is 9.15 Å². The van der Waals surface area contributed by atoms with Gasteiger partial charge in [-0.15, -0.1) is 0 Å². The molecule has 0 aliphatic rings. The lowest BCUT2D eigenvalue weighted by atomic mass is 10.1. The van der Waals surface area contributed by atoms with Gasteiger partial charge in [-0.2, -0.15) is 0 Å². The number of fused-ring (bicyclic) bond motifs is 1. The predicted octanol–water partition coefficient (Wildman–Crippen LogP) is 3.42. The highest BCUT2D eigenvalue weighted by Crippen LogP contribution is 2.30. The monoisotopic (exact) mass is 271 g/mol. The van der Waals surface area contributed by atoms with Gasteiger partial charge in [0.15, 0.2) is 5.69 Å². The van der Waals surface area contributed by atoms with E-state index in [1.54, 1.807) is 24.3 Å². The van der Waals surface area contributed by atoms with E-state index in [0.29, 0.717) is 22.2 Å². The number of methoxy groups -OCH3 is 1. The number of ether oxygens (including phenoxy) is 1. The summed E-state index contributed by atoms with van der Waals surface area (Å²) >= 11 is 0. The fourth-order valence-corrected chi connectivity index (χ4v) is 2.03. The van der Waals surface area contributed by atoms with Crippen LogP contribution in [0.15, 0.2) is 47.1 Å². The lowest BCUT2D eigenvalue weighted by Gasteiger charge is -2.06. The predicted molar refractivity (Wildman–Crippen MR) is 70.7 cm³/mol. The van der Waals surface area contributed by atoms with Crippen molar-refractivity contribution in [1.29, 1.82) is 0 Å². The number of nitrogens with zero attached hydrogens (tertiary/aromatic N) is 1. The van der Waals surface area contributed by atoms with Gasteiger partial charge in [-0.05, 0) is 18.2 Å². The van der Waals surface area contributed by atoms with Crippen LogP contribution in [0, 0.1) is 5.82 Å². The Labute approximate surface area is 113 Å². The first-order valence-corrected chi connectivity index (χ1v) is 5.92. The topological polar surface area (TPSA) is 52.3 Å². The van der Waals surface area contributed by atoms with Crippen LogP contribution >= 0.6 is 0 Å². The highest BCUT2D eigenvalue weighted by atomic mass is 19.1. The second kappa shape index (κ2) is 4.77. The second-order valence-corrected chi connectivity index (χ2v) is 4.16. The van der Waals surface area contributed by atoms with Crippen molar-refractivity contribution in [3.05, 3.63) is 54.2 Å². The average molecular weight is 271 g/mol. The summed E-state index contributed by atoms with van der Waals surface area (Å²) in [6, 6.07) is 9.40. The van der Waals surface area contributed by atoms with Gasteiger partial charge in [0.2, 0.25) is 0 Å². The van der Waals surface area contributed by atoms with Crippen LogP contribution in [0.2, 0.25) is 0 Å². The first kappa shape index (κ1) is 12.3. The Kier molecular flexibility index (Phi) is 2.95. The molecule has 4 nitrogen and oxygen atoms in total. The summed E-state index contributed by atoms with van der Waals surface area (Å²) < 4.78 is 23.9. The zero-order valence-corrected chi connectivity index (χ0v) is 10.6. The molecule has 0 atom stereocenters. The first-order chi connectivity index (χ1) is 9.70. The molecular formula is C15H10FNO3. The molecule has 0 radical (unpaired) electrons. The van der Waals surface area contributed by atoms with Gasteiger partial charge in [0, 0.05) is 17.0 Å². The Hall–Kier alpha value is -2.69. The third-order valence-corrected chi connectivity index (χ3v) is 2.97. The van der Waals surface area contributed by atoms with Gasteiger partial charge in [0.25, 0.3) is 0 Å². The minimum absolute atomic E-state index is 0.0770. The molecule has 0 saturated carbocycles. The van der Waals surface area contributed by atoms with Crippen LogP contribution in [0.5, 0.6) is 0 Å². The van der Waals surface area contributed by atoms with Gasteiger partial charge in [-0.25, -0.2) is 14.2 Å². The third kappa shape index (κ3) is 1.93. The fourth-order valence-electron chi connectivity index (χ4n) is 2.03. The molecular weight excluding hydrogens is 261 g/mol. The van der Waals surface area contributed by atoms with Crippen molar-refractivity contribution in [3.8, 4) is 11.3 Å². The van der Waals surface area contributed by atoms with Crippen LogP contribution in [0.1, 0.15) is 10.5 Å². The number of pyridine rings is 1. The quantitative estimate of drug-likeness (QED) is 0.670. The maximum Gasteiger partial charge on any atom is 0.356 e. The van der Waals surface area contributed by atoms with Gasteiger partial charge in [0.05, 0.1) is 19.1 Å². The van der Waals surface area contributed by atoms with E-state index in [1.165, 1.54) is 25.5 Å². The van der Waals surface area contributed by atoms with Crippen molar-refractivity contribution in [2.75, 3.05) is 7.11 Å². The van der Waals surface area contributed by atoms with Crippen LogP contribution in [0.25, 0.3) is 22.2 Å². The lowest BCUT2D eigenvalue weighted by molar-refractivity contribution is 0.0594. The molecule has 0 saturated heterocycles. The second-order valence-electron chi connectivity index (χ2n) is 4.16. The summed E-state index contributed by atoms with van der Waals surface area (Å²) in [6.45, 7) is 0. The molecule has 3 rings (SSSR count). The normalized spacial score (nSPS) is 10.7. The van der Waals surface area contributed by atoms with Crippen molar-refractivity contribution in [3.63, 3.8) is 0 Å². The van der Waals surface area contributed by atoms with E-state index in [2.05, 4.69) is 9.72 Å². The number of aromatic nitrogens is 1. The van der Waals surface area contributed by atoms with E-state index in [-0.39, 0.29) is 5.69 Å². The minimum Gasteiger partial charge on any atom is -0.464 e. The third-order valence-electron chi connectivity index (χ3n) is 2.97. The smallest absolute Gasteiger partial charge is 0.356 e. The Morgan fingerprint density at radius 2 is 2.10 bits per heavy atom. The minimum atomic E-state index is -0.596. The summed E-state index contributed by atoms with van der Waals surface area (Å²) in [6.07, 6.45) is 1.47. The van der Waals surface area contributed by atoms with E-state index in [1.807, 2.05) is 0 Å². The number of halogens is 1. The van der Waals surface area contributed by atoms with E-state index >= 15 is 0 Å². The standard InChI is InChI=1S/C15H10FNO3/c1-19-15(18)12-8-13-10(6-7-20-13)14(17-12)9-4-2-3-5-11(9)16/h2-8H,1H3. The van der Waals surface area contributed by atoms with E-state index in [9.17, 15) is 9.18 Å². The molecule has 0 bridgehead atoms. The molecule has 3 aromatic rings. The summed E-state index contributed by atoms with van der Waals surface area (Å²) in [4.78, 5) is 15.8.